The van der Waals surface area contributed by atoms with Crippen LogP contribution in [0.15, 0.2) is 36.4 Å². The van der Waals surface area contributed by atoms with Gasteiger partial charge in [-0.15, -0.1) is 0 Å². The van der Waals surface area contributed by atoms with E-state index >= 15 is 0 Å². The van der Waals surface area contributed by atoms with E-state index in [4.69, 9.17) is 14.2 Å². The van der Waals surface area contributed by atoms with Crippen LogP contribution in [-0.4, -0.2) is 51.3 Å². The fourth-order valence-corrected chi connectivity index (χ4v) is 3.23. The van der Waals surface area contributed by atoms with Gasteiger partial charge in [0.15, 0.2) is 0 Å². The topological polar surface area (TPSA) is 65.1 Å². The zero-order valence-corrected chi connectivity index (χ0v) is 18.4. The number of amides is 1. The minimum atomic E-state index is -4.54. The maximum Gasteiger partial charge on any atom is 0.416 e. The molecule has 0 heterocycles. The van der Waals surface area contributed by atoms with E-state index in [1.807, 2.05) is 0 Å². The quantitative estimate of drug-likeness (QED) is 0.535. The van der Waals surface area contributed by atoms with Crippen LogP contribution in [0.5, 0.6) is 5.75 Å². The van der Waals surface area contributed by atoms with Gasteiger partial charge in [0, 0.05) is 32.7 Å². The van der Waals surface area contributed by atoms with Crippen LogP contribution in [-0.2, 0) is 38.2 Å². The molecule has 0 fully saturated rings. The molecular formula is C23H26F3NO5. The highest BCUT2D eigenvalue weighted by Crippen LogP contribution is 2.38. The van der Waals surface area contributed by atoms with Crippen LogP contribution < -0.4 is 4.74 Å². The van der Waals surface area contributed by atoms with Gasteiger partial charge in [0.1, 0.15) is 5.75 Å². The van der Waals surface area contributed by atoms with Crippen molar-refractivity contribution in [2.24, 2.45) is 0 Å². The highest BCUT2D eigenvalue weighted by atomic mass is 19.4. The van der Waals surface area contributed by atoms with Crippen molar-refractivity contribution < 1.29 is 37.0 Å². The molecule has 2 aromatic carbocycles. The van der Waals surface area contributed by atoms with Gasteiger partial charge in [0.25, 0.3) is 0 Å². The van der Waals surface area contributed by atoms with Crippen molar-refractivity contribution in [3.63, 3.8) is 0 Å². The van der Waals surface area contributed by atoms with Crippen LogP contribution in [0.25, 0.3) is 11.1 Å². The summed E-state index contributed by atoms with van der Waals surface area (Å²) >= 11 is 0. The van der Waals surface area contributed by atoms with Gasteiger partial charge >= 0.3 is 12.1 Å². The Bertz CT molecular complexity index is 959. The number of ether oxygens (including phenoxy) is 3. The highest BCUT2D eigenvalue weighted by molar-refractivity contribution is 5.78. The number of carbonyl (C=O) groups is 2. The van der Waals surface area contributed by atoms with Crippen LogP contribution in [0.1, 0.15) is 23.6 Å². The second-order valence-corrected chi connectivity index (χ2v) is 7.09. The fraction of sp³-hybridized carbons (Fsp3) is 0.391. The Balaban J connectivity index is 2.62. The number of hydrogen-bond donors (Lipinski definition) is 0. The number of halogens is 3. The maximum absolute atomic E-state index is 13.4. The Labute approximate surface area is 184 Å². The lowest BCUT2D eigenvalue weighted by Gasteiger charge is -2.24. The minimum absolute atomic E-state index is 0.00310. The van der Waals surface area contributed by atoms with E-state index in [1.165, 1.54) is 39.2 Å². The van der Waals surface area contributed by atoms with Crippen molar-refractivity contribution in [3.05, 3.63) is 53.1 Å². The summed E-state index contributed by atoms with van der Waals surface area (Å²) in [7, 11) is 4.20. The lowest BCUT2D eigenvalue weighted by molar-refractivity contribution is -0.140. The molecule has 0 aliphatic heterocycles. The Morgan fingerprint density at radius 2 is 1.72 bits per heavy atom. The van der Waals surface area contributed by atoms with Crippen LogP contribution in [0.2, 0.25) is 0 Å². The molecule has 0 radical (unpaired) electrons. The Morgan fingerprint density at radius 3 is 2.28 bits per heavy atom. The number of hydrogen-bond acceptors (Lipinski definition) is 5. The molecule has 32 heavy (non-hydrogen) atoms. The SMILES string of the molecule is COCCN(Cc1cc(C(F)(F)F)ccc1-c1cc(CC(=O)OC)ccc1OC)C(C)=O. The van der Waals surface area contributed by atoms with Crippen molar-refractivity contribution in [2.75, 3.05) is 34.5 Å². The van der Waals surface area contributed by atoms with Crippen molar-refractivity contribution in [3.8, 4) is 16.9 Å². The first kappa shape index (κ1) is 25.2. The molecule has 0 aliphatic rings. The standard InChI is InChI=1S/C23H26F3NO5/c1-15(28)27(9-10-30-2)14-17-13-18(23(24,25)26)6-7-19(17)20-11-16(12-22(29)32-4)5-8-21(20)31-3/h5-8,11,13H,9-10,12,14H2,1-4H3. The monoisotopic (exact) mass is 453 g/mol. The van der Waals surface area contributed by atoms with Crippen LogP contribution in [0, 0.1) is 0 Å². The van der Waals surface area contributed by atoms with Crippen molar-refractivity contribution in [2.45, 2.75) is 26.1 Å². The zero-order chi connectivity index (χ0) is 23.9. The number of esters is 1. The van der Waals surface area contributed by atoms with Gasteiger partial charge < -0.3 is 19.1 Å². The summed E-state index contributed by atoms with van der Waals surface area (Å²) in [5.41, 5.74) is 1.05. The van der Waals surface area contributed by atoms with E-state index in [1.54, 1.807) is 18.2 Å². The number of nitrogens with zero attached hydrogens (tertiary/aromatic N) is 1. The minimum Gasteiger partial charge on any atom is -0.496 e. The summed E-state index contributed by atoms with van der Waals surface area (Å²) < 4.78 is 55.4. The lowest BCUT2D eigenvalue weighted by atomic mass is 9.94. The molecule has 0 atom stereocenters. The molecule has 0 bridgehead atoms. The van der Waals surface area contributed by atoms with E-state index in [0.717, 1.165) is 12.1 Å². The molecule has 0 saturated carbocycles. The van der Waals surface area contributed by atoms with Gasteiger partial charge in [-0.05, 0) is 41.0 Å². The van der Waals surface area contributed by atoms with Gasteiger partial charge in [0.2, 0.25) is 5.91 Å². The average Bonchev–Trinajstić information content (AvgIpc) is 2.75. The molecule has 0 N–H and O–H groups in total. The van der Waals surface area contributed by atoms with Crippen molar-refractivity contribution in [1.82, 2.24) is 4.90 Å². The summed E-state index contributed by atoms with van der Waals surface area (Å²) in [5.74, 6) is -0.321. The van der Waals surface area contributed by atoms with E-state index < -0.39 is 17.7 Å². The summed E-state index contributed by atoms with van der Waals surface area (Å²) in [6.07, 6.45) is -4.55. The first-order chi connectivity index (χ1) is 15.1. The third-order valence-corrected chi connectivity index (χ3v) is 4.93. The Hall–Kier alpha value is -3.07. The third-order valence-electron chi connectivity index (χ3n) is 4.93. The Kier molecular flexibility index (Phi) is 8.65. The second kappa shape index (κ2) is 11.0. The molecule has 0 spiro atoms. The van der Waals surface area contributed by atoms with Gasteiger partial charge in [-0.25, -0.2) is 0 Å². The number of rotatable bonds is 9. The summed E-state index contributed by atoms with van der Waals surface area (Å²) in [4.78, 5) is 25.2. The molecule has 0 aliphatic carbocycles. The number of alkyl halides is 3. The van der Waals surface area contributed by atoms with E-state index in [2.05, 4.69) is 0 Å². The third kappa shape index (κ3) is 6.46. The number of benzene rings is 2. The normalized spacial score (nSPS) is 11.2. The van der Waals surface area contributed by atoms with Crippen molar-refractivity contribution in [1.29, 1.82) is 0 Å². The van der Waals surface area contributed by atoms with E-state index in [9.17, 15) is 22.8 Å². The summed E-state index contributed by atoms with van der Waals surface area (Å²) in [5, 5.41) is 0. The van der Waals surface area contributed by atoms with E-state index in [0.29, 0.717) is 28.0 Å². The fourth-order valence-electron chi connectivity index (χ4n) is 3.23. The lowest BCUT2D eigenvalue weighted by Crippen LogP contribution is -2.31. The molecular weight excluding hydrogens is 427 g/mol. The largest absolute Gasteiger partial charge is 0.496 e. The molecule has 2 aromatic rings. The van der Waals surface area contributed by atoms with Gasteiger partial charge in [-0.3, -0.25) is 9.59 Å². The second-order valence-electron chi connectivity index (χ2n) is 7.09. The van der Waals surface area contributed by atoms with Gasteiger partial charge in [-0.2, -0.15) is 13.2 Å². The molecule has 174 valence electrons. The smallest absolute Gasteiger partial charge is 0.416 e. The molecule has 0 unspecified atom stereocenters. The summed E-state index contributed by atoms with van der Waals surface area (Å²) in [6.45, 7) is 1.76. The van der Waals surface area contributed by atoms with E-state index in [-0.39, 0.29) is 32.0 Å². The number of carbonyl (C=O) groups excluding carboxylic acids is 2. The average molecular weight is 453 g/mol. The van der Waals surface area contributed by atoms with Crippen LogP contribution >= 0.6 is 0 Å². The molecule has 0 aromatic heterocycles. The summed E-state index contributed by atoms with van der Waals surface area (Å²) in [6, 6.07) is 8.37. The predicted octanol–water partition coefficient (Wildman–Crippen LogP) is 4.09. The van der Waals surface area contributed by atoms with Crippen LogP contribution in [0.4, 0.5) is 13.2 Å². The first-order valence-electron chi connectivity index (χ1n) is 9.79. The number of methoxy groups -OCH3 is 3. The molecule has 2 rings (SSSR count). The molecule has 6 nitrogen and oxygen atoms in total. The maximum atomic E-state index is 13.4. The highest BCUT2D eigenvalue weighted by Gasteiger charge is 2.31. The van der Waals surface area contributed by atoms with Gasteiger partial charge in [-0.1, -0.05) is 12.1 Å². The van der Waals surface area contributed by atoms with Crippen molar-refractivity contribution >= 4 is 11.9 Å². The predicted molar refractivity (Wildman–Crippen MR) is 112 cm³/mol. The zero-order valence-electron chi connectivity index (χ0n) is 18.4. The molecule has 9 heteroatoms. The van der Waals surface area contributed by atoms with Gasteiger partial charge in [0.05, 0.1) is 32.8 Å². The van der Waals surface area contributed by atoms with Crippen LogP contribution in [0.3, 0.4) is 0 Å². The first-order valence-corrected chi connectivity index (χ1v) is 9.79. The molecule has 1 amide bonds. The molecule has 0 saturated heterocycles. The Morgan fingerprint density at radius 1 is 1.00 bits per heavy atom.